The van der Waals surface area contributed by atoms with Crippen LogP contribution in [-0.4, -0.2) is 19.8 Å². The van der Waals surface area contributed by atoms with E-state index in [9.17, 15) is 0 Å². The molecule has 1 aromatic rings. The minimum absolute atomic E-state index is 0.687. The van der Waals surface area contributed by atoms with Gasteiger partial charge in [-0.15, -0.1) is 0 Å². The molecule has 2 rings (SSSR count). The first-order valence-corrected chi connectivity index (χ1v) is 8.46. The lowest BCUT2D eigenvalue weighted by Gasteiger charge is -2.12. The van der Waals surface area contributed by atoms with Crippen LogP contribution in [0.1, 0.15) is 31.2 Å². The normalized spacial score (nSPS) is 21.0. The molecule has 114 valence electrons. The molecule has 0 spiro atoms. The largest absolute Gasteiger partial charge is 0.493 e. The van der Waals surface area contributed by atoms with Crippen molar-refractivity contribution in [2.75, 3.05) is 19.8 Å². The van der Waals surface area contributed by atoms with Crippen LogP contribution in [0.25, 0.3) is 0 Å². The molecular formula is C18H23BrO2. The average Bonchev–Trinajstić information content (AvgIpc) is 2.48. The van der Waals surface area contributed by atoms with E-state index in [1.54, 1.807) is 0 Å². The third-order valence-electron chi connectivity index (χ3n) is 3.38. The summed E-state index contributed by atoms with van der Waals surface area (Å²) >= 11 is 3.54. The Morgan fingerprint density at radius 1 is 0.952 bits per heavy atom. The molecule has 21 heavy (non-hydrogen) atoms. The first-order chi connectivity index (χ1) is 10.4. The van der Waals surface area contributed by atoms with Gasteiger partial charge in [0.05, 0.1) is 13.2 Å². The molecule has 1 aromatic carbocycles. The first-order valence-electron chi connectivity index (χ1n) is 7.67. The highest BCUT2D eigenvalue weighted by atomic mass is 79.9. The van der Waals surface area contributed by atoms with E-state index in [-0.39, 0.29) is 0 Å². The summed E-state index contributed by atoms with van der Waals surface area (Å²) in [5.41, 5.74) is 1.26. The molecule has 0 unspecified atom stereocenters. The topological polar surface area (TPSA) is 18.5 Å². The van der Waals surface area contributed by atoms with Crippen molar-refractivity contribution in [1.82, 2.24) is 0 Å². The van der Waals surface area contributed by atoms with Crippen LogP contribution in [0.4, 0.5) is 0 Å². The Hall–Kier alpha value is -1.06. The fourth-order valence-corrected chi connectivity index (χ4v) is 2.66. The van der Waals surface area contributed by atoms with Gasteiger partial charge in [-0.2, -0.15) is 0 Å². The zero-order chi connectivity index (χ0) is 14.8. The minimum atomic E-state index is 0.687. The Balaban J connectivity index is 1.97. The summed E-state index contributed by atoms with van der Waals surface area (Å²) in [5, 5.41) is 0. The number of rotatable bonds is 0. The van der Waals surface area contributed by atoms with E-state index in [0.717, 1.165) is 55.5 Å². The maximum absolute atomic E-state index is 5.94. The number of halogens is 1. The smallest absolute Gasteiger partial charge is 0.122 e. The van der Waals surface area contributed by atoms with Gasteiger partial charge in [-0.1, -0.05) is 40.2 Å². The molecule has 0 aromatic heterocycles. The molecule has 3 heteroatoms. The van der Waals surface area contributed by atoms with Crippen LogP contribution in [0.15, 0.2) is 47.0 Å². The summed E-state index contributed by atoms with van der Waals surface area (Å²) in [6.07, 6.45) is 13.8. The van der Waals surface area contributed by atoms with Crippen LogP contribution in [0.5, 0.6) is 5.75 Å². The molecule has 0 atom stereocenters. The van der Waals surface area contributed by atoms with Gasteiger partial charge >= 0.3 is 0 Å². The summed E-state index contributed by atoms with van der Waals surface area (Å²) < 4.78 is 12.7. The van der Waals surface area contributed by atoms with Crippen molar-refractivity contribution in [3.8, 4) is 5.75 Å². The van der Waals surface area contributed by atoms with Gasteiger partial charge in [0.25, 0.3) is 0 Å². The highest BCUT2D eigenvalue weighted by Crippen LogP contribution is 2.25. The highest BCUT2D eigenvalue weighted by Gasteiger charge is 2.05. The predicted octanol–water partition coefficient (Wildman–Crippen LogP) is 5.07. The third kappa shape index (κ3) is 6.49. The molecule has 1 aliphatic rings. The Morgan fingerprint density at radius 3 is 2.81 bits per heavy atom. The van der Waals surface area contributed by atoms with E-state index in [4.69, 9.17) is 9.47 Å². The second-order valence-corrected chi connectivity index (χ2v) is 6.05. The average molecular weight is 351 g/mol. The molecule has 2 nitrogen and oxygen atoms in total. The quantitative estimate of drug-likeness (QED) is 0.649. The standard InChI is InChI=1S/C18H23BrO2/c19-17-10-11-18-16(15-17)9-8-13-20-12-6-4-2-1-3-5-7-14-21-18/h1-2,4,6,10-11,15H,3,5,7-9,12-14H2/b2-1+,6-4+. The molecule has 0 amide bonds. The number of hydrogen-bond acceptors (Lipinski definition) is 2. The fraction of sp³-hybridized carbons (Fsp3) is 0.444. The molecule has 0 aliphatic carbocycles. The Kier molecular flexibility index (Phi) is 7.61. The van der Waals surface area contributed by atoms with Gasteiger partial charge < -0.3 is 9.47 Å². The number of ether oxygens (including phenoxy) is 2. The lowest BCUT2D eigenvalue weighted by Crippen LogP contribution is -2.02. The highest BCUT2D eigenvalue weighted by molar-refractivity contribution is 9.10. The van der Waals surface area contributed by atoms with Gasteiger partial charge in [-0.05, 0) is 55.9 Å². The molecule has 0 saturated carbocycles. The summed E-state index contributed by atoms with van der Waals surface area (Å²) in [7, 11) is 0. The Morgan fingerprint density at radius 2 is 1.86 bits per heavy atom. The van der Waals surface area contributed by atoms with E-state index < -0.39 is 0 Å². The van der Waals surface area contributed by atoms with Crippen LogP contribution in [-0.2, 0) is 11.2 Å². The summed E-state index contributed by atoms with van der Waals surface area (Å²) in [6.45, 7) is 2.25. The number of benzene rings is 1. The lowest BCUT2D eigenvalue weighted by atomic mass is 10.1. The van der Waals surface area contributed by atoms with Gasteiger partial charge in [-0.25, -0.2) is 0 Å². The third-order valence-corrected chi connectivity index (χ3v) is 3.87. The first kappa shape index (κ1) is 16.3. The van der Waals surface area contributed by atoms with Crippen molar-refractivity contribution in [2.24, 2.45) is 0 Å². The molecule has 0 fully saturated rings. The zero-order valence-electron chi connectivity index (χ0n) is 12.4. The van der Waals surface area contributed by atoms with Crippen molar-refractivity contribution >= 4 is 15.9 Å². The van der Waals surface area contributed by atoms with Crippen LogP contribution in [0.2, 0.25) is 0 Å². The second kappa shape index (κ2) is 9.80. The lowest BCUT2D eigenvalue weighted by molar-refractivity contribution is 0.159. The van der Waals surface area contributed by atoms with Crippen LogP contribution >= 0.6 is 15.9 Å². The fourth-order valence-electron chi connectivity index (χ4n) is 2.26. The molecular weight excluding hydrogens is 328 g/mol. The van der Waals surface area contributed by atoms with Crippen molar-refractivity contribution < 1.29 is 9.47 Å². The maximum atomic E-state index is 5.94. The molecule has 0 radical (unpaired) electrons. The van der Waals surface area contributed by atoms with E-state index >= 15 is 0 Å². The van der Waals surface area contributed by atoms with E-state index in [1.807, 2.05) is 6.07 Å². The van der Waals surface area contributed by atoms with Gasteiger partial charge in [0, 0.05) is 11.1 Å². The van der Waals surface area contributed by atoms with Crippen LogP contribution in [0, 0.1) is 0 Å². The zero-order valence-corrected chi connectivity index (χ0v) is 14.0. The number of hydrogen-bond donors (Lipinski definition) is 0. The van der Waals surface area contributed by atoms with Crippen LogP contribution < -0.4 is 4.74 Å². The van der Waals surface area contributed by atoms with Gasteiger partial charge in [0.1, 0.15) is 5.75 Å². The second-order valence-electron chi connectivity index (χ2n) is 5.13. The molecule has 1 aliphatic heterocycles. The Bertz CT molecular complexity index is 480. The summed E-state index contributed by atoms with van der Waals surface area (Å²) in [5.74, 6) is 1.01. The predicted molar refractivity (Wildman–Crippen MR) is 90.9 cm³/mol. The summed E-state index contributed by atoms with van der Waals surface area (Å²) in [4.78, 5) is 0. The molecule has 1 heterocycles. The van der Waals surface area contributed by atoms with Crippen molar-refractivity contribution in [1.29, 1.82) is 0 Å². The molecule has 0 N–H and O–H groups in total. The monoisotopic (exact) mass is 350 g/mol. The van der Waals surface area contributed by atoms with Crippen LogP contribution in [0.3, 0.4) is 0 Å². The minimum Gasteiger partial charge on any atom is -0.493 e. The van der Waals surface area contributed by atoms with E-state index in [2.05, 4.69) is 52.4 Å². The molecule has 0 saturated heterocycles. The van der Waals surface area contributed by atoms with Crippen molar-refractivity contribution in [2.45, 2.75) is 32.1 Å². The number of fused-ring (bicyclic) bond motifs is 1. The SMILES string of the molecule is Brc1ccc2c(c1)CCCOC/C=C/C=C/CCCCO2. The number of allylic oxidation sites excluding steroid dienone is 3. The number of aryl methyl sites for hydroxylation is 1. The molecule has 0 bridgehead atoms. The Labute approximate surface area is 136 Å². The van der Waals surface area contributed by atoms with Gasteiger partial charge in [0.15, 0.2) is 0 Å². The van der Waals surface area contributed by atoms with Gasteiger partial charge in [0.2, 0.25) is 0 Å². The van der Waals surface area contributed by atoms with Crippen molar-refractivity contribution in [3.05, 3.63) is 52.5 Å². The van der Waals surface area contributed by atoms with E-state index in [0.29, 0.717) is 6.61 Å². The summed E-state index contributed by atoms with van der Waals surface area (Å²) in [6, 6.07) is 6.26. The van der Waals surface area contributed by atoms with Crippen molar-refractivity contribution in [3.63, 3.8) is 0 Å². The maximum Gasteiger partial charge on any atom is 0.122 e. The van der Waals surface area contributed by atoms with Gasteiger partial charge in [-0.3, -0.25) is 0 Å². The van der Waals surface area contributed by atoms with E-state index in [1.165, 1.54) is 5.56 Å².